The van der Waals surface area contributed by atoms with Crippen molar-refractivity contribution in [1.29, 1.82) is 0 Å². The van der Waals surface area contributed by atoms with Crippen molar-refractivity contribution in [2.45, 2.75) is 13.1 Å². The van der Waals surface area contributed by atoms with E-state index in [1.165, 1.54) is 7.11 Å². The molecule has 0 aromatic carbocycles. The minimum absolute atomic E-state index is 0.00530. The van der Waals surface area contributed by atoms with Gasteiger partial charge in [0.15, 0.2) is 0 Å². The number of alkyl halides is 3. The first-order valence-corrected chi connectivity index (χ1v) is 2.71. The summed E-state index contributed by atoms with van der Waals surface area (Å²) in [6.07, 6.45) is -3.21. The van der Waals surface area contributed by atoms with Crippen LogP contribution in [0.2, 0.25) is 0 Å². The van der Waals surface area contributed by atoms with Crippen LogP contribution >= 0.6 is 0 Å². The average molecular weight is 154 g/mol. The zero-order chi connectivity index (χ0) is 8.20. The number of rotatable bonds is 2. The molecule has 0 aliphatic heterocycles. The highest BCUT2D eigenvalue weighted by molar-refractivity contribution is 5.04. The molecule has 0 aromatic heterocycles. The lowest BCUT2D eigenvalue weighted by Crippen LogP contribution is -2.09. The van der Waals surface area contributed by atoms with Gasteiger partial charge in [0.1, 0.15) is 0 Å². The molecular weight excluding hydrogens is 145 g/mol. The van der Waals surface area contributed by atoms with Crippen molar-refractivity contribution in [3.05, 3.63) is 11.6 Å². The van der Waals surface area contributed by atoms with Crippen LogP contribution in [0.5, 0.6) is 0 Å². The summed E-state index contributed by atoms with van der Waals surface area (Å²) in [5.74, 6) is 0. The summed E-state index contributed by atoms with van der Waals surface area (Å²) >= 11 is 0. The summed E-state index contributed by atoms with van der Waals surface area (Å²) < 4.78 is 39.4. The maximum absolute atomic E-state index is 11.6. The molecule has 0 radical (unpaired) electrons. The lowest BCUT2D eigenvalue weighted by molar-refractivity contribution is -0.0918. The Morgan fingerprint density at radius 3 is 2.30 bits per heavy atom. The molecule has 0 fully saturated rings. The minimum Gasteiger partial charge on any atom is -0.381 e. The van der Waals surface area contributed by atoms with Crippen molar-refractivity contribution in [1.82, 2.24) is 0 Å². The van der Waals surface area contributed by atoms with Crippen LogP contribution < -0.4 is 0 Å². The van der Waals surface area contributed by atoms with Crippen LogP contribution in [0.15, 0.2) is 11.6 Å². The lowest BCUT2D eigenvalue weighted by atomic mass is 10.3. The van der Waals surface area contributed by atoms with E-state index in [-0.39, 0.29) is 6.61 Å². The predicted octanol–water partition coefficient (Wildman–Crippen LogP) is 2.14. The fourth-order valence-corrected chi connectivity index (χ4v) is 0.324. The molecule has 60 valence electrons. The molecule has 1 nitrogen and oxygen atoms in total. The van der Waals surface area contributed by atoms with Gasteiger partial charge >= 0.3 is 6.18 Å². The van der Waals surface area contributed by atoms with Gasteiger partial charge in [-0.3, -0.25) is 0 Å². The first kappa shape index (κ1) is 9.49. The van der Waals surface area contributed by atoms with Crippen molar-refractivity contribution >= 4 is 0 Å². The Labute approximate surface area is 57.5 Å². The molecule has 0 spiro atoms. The van der Waals surface area contributed by atoms with E-state index in [0.29, 0.717) is 0 Å². The molecule has 0 atom stereocenters. The number of methoxy groups -OCH3 is 1. The monoisotopic (exact) mass is 154 g/mol. The number of hydrogen-bond acceptors (Lipinski definition) is 1. The Bertz CT molecular complexity index is 125. The fourth-order valence-electron chi connectivity index (χ4n) is 0.324. The summed E-state index contributed by atoms with van der Waals surface area (Å²) in [6.45, 7) is 1.02. The van der Waals surface area contributed by atoms with Gasteiger partial charge in [0, 0.05) is 12.7 Å². The zero-order valence-electron chi connectivity index (χ0n) is 5.83. The molecule has 0 aromatic rings. The third-order valence-corrected chi connectivity index (χ3v) is 1.00. The van der Waals surface area contributed by atoms with Crippen molar-refractivity contribution in [3.63, 3.8) is 0 Å². The molecular formula is C6H9F3O. The second kappa shape index (κ2) is 3.61. The topological polar surface area (TPSA) is 9.23 Å². The van der Waals surface area contributed by atoms with E-state index in [1.54, 1.807) is 0 Å². The van der Waals surface area contributed by atoms with Crippen molar-refractivity contribution in [3.8, 4) is 0 Å². The molecule has 0 aliphatic carbocycles. The maximum atomic E-state index is 11.6. The number of halogens is 3. The quantitative estimate of drug-likeness (QED) is 0.553. The van der Waals surface area contributed by atoms with Gasteiger partial charge in [-0.25, -0.2) is 0 Å². The van der Waals surface area contributed by atoms with Gasteiger partial charge in [-0.05, 0) is 6.92 Å². The lowest BCUT2D eigenvalue weighted by Gasteiger charge is -2.04. The molecule has 0 unspecified atom stereocenters. The summed E-state index contributed by atoms with van der Waals surface area (Å²) in [4.78, 5) is 0. The van der Waals surface area contributed by atoms with Crippen LogP contribution in [0.25, 0.3) is 0 Å². The molecule has 0 rings (SSSR count). The van der Waals surface area contributed by atoms with Crippen molar-refractivity contribution in [2.75, 3.05) is 13.7 Å². The summed E-state index contributed by atoms with van der Waals surface area (Å²) in [5, 5.41) is 0. The SMILES string of the molecule is COCC=C(C)C(F)(F)F. The highest BCUT2D eigenvalue weighted by Gasteiger charge is 2.29. The standard InChI is InChI=1S/C6H9F3O/c1-5(3-4-10-2)6(7,8)9/h3H,4H2,1-2H3. The van der Waals surface area contributed by atoms with E-state index in [2.05, 4.69) is 4.74 Å². The Morgan fingerprint density at radius 2 is 2.00 bits per heavy atom. The van der Waals surface area contributed by atoms with E-state index < -0.39 is 11.7 Å². The molecule has 4 heteroatoms. The first-order valence-electron chi connectivity index (χ1n) is 2.71. The zero-order valence-corrected chi connectivity index (χ0v) is 5.83. The summed E-state index contributed by atoms with van der Waals surface area (Å²) in [7, 11) is 1.35. The van der Waals surface area contributed by atoms with E-state index in [0.717, 1.165) is 13.0 Å². The Kier molecular flexibility index (Phi) is 3.42. The van der Waals surface area contributed by atoms with Gasteiger partial charge in [0.05, 0.1) is 6.61 Å². The molecule has 0 bridgehead atoms. The molecule has 0 amide bonds. The van der Waals surface area contributed by atoms with Gasteiger partial charge in [0.25, 0.3) is 0 Å². The van der Waals surface area contributed by atoms with Gasteiger partial charge in [0.2, 0.25) is 0 Å². The predicted molar refractivity (Wildman–Crippen MR) is 31.7 cm³/mol. The highest BCUT2D eigenvalue weighted by Crippen LogP contribution is 2.24. The van der Waals surface area contributed by atoms with Crippen molar-refractivity contribution in [2.24, 2.45) is 0 Å². The normalized spacial score (nSPS) is 13.9. The smallest absolute Gasteiger partial charge is 0.381 e. The number of hydrogen-bond donors (Lipinski definition) is 0. The Balaban J connectivity index is 3.93. The van der Waals surface area contributed by atoms with Crippen LogP contribution in [0.4, 0.5) is 13.2 Å². The molecule has 0 N–H and O–H groups in total. The van der Waals surface area contributed by atoms with Gasteiger partial charge in [-0.1, -0.05) is 6.08 Å². The summed E-state index contributed by atoms with van der Waals surface area (Å²) in [5.41, 5.74) is -0.616. The van der Waals surface area contributed by atoms with E-state index in [4.69, 9.17) is 0 Å². The largest absolute Gasteiger partial charge is 0.412 e. The highest BCUT2D eigenvalue weighted by atomic mass is 19.4. The number of ether oxygens (including phenoxy) is 1. The van der Waals surface area contributed by atoms with Gasteiger partial charge < -0.3 is 4.74 Å². The van der Waals surface area contributed by atoms with E-state index in [9.17, 15) is 13.2 Å². The molecule has 10 heavy (non-hydrogen) atoms. The number of allylic oxidation sites excluding steroid dienone is 1. The molecule has 0 saturated heterocycles. The molecule has 0 heterocycles. The Morgan fingerprint density at radius 1 is 1.50 bits per heavy atom. The van der Waals surface area contributed by atoms with E-state index >= 15 is 0 Å². The molecule has 0 aliphatic rings. The third kappa shape index (κ3) is 3.50. The van der Waals surface area contributed by atoms with Crippen LogP contribution in [0.3, 0.4) is 0 Å². The second-order valence-corrected chi connectivity index (χ2v) is 1.84. The minimum atomic E-state index is -4.21. The van der Waals surface area contributed by atoms with E-state index in [1.807, 2.05) is 0 Å². The maximum Gasteiger partial charge on any atom is 0.412 e. The van der Waals surface area contributed by atoms with Crippen molar-refractivity contribution < 1.29 is 17.9 Å². The van der Waals surface area contributed by atoms with Gasteiger partial charge in [-0.2, -0.15) is 13.2 Å². The van der Waals surface area contributed by atoms with Crippen LogP contribution in [0.1, 0.15) is 6.92 Å². The average Bonchev–Trinajstić information content (AvgIpc) is 1.80. The van der Waals surface area contributed by atoms with Crippen LogP contribution in [-0.4, -0.2) is 19.9 Å². The molecule has 0 saturated carbocycles. The van der Waals surface area contributed by atoms with Gasteiger partial charge in [-0.15, -0.1) is 0 Å². The van der Waals surface area contributed by atoms with Crippen LogP contribution in [0, 0.1) is 0 Å². The first-order chi connectivity index (χ1) is 4.48. The summed E-state index contributed by atoms with van der Waals surface area (Å²) in [6, 6.07) is 0. The Hall–Kier alpha value is -0.510. The second-order valence-electron chi connectivity index (χ2n) is 1.84. The van der Waals surface area contributed by atoms with Crippen LogP contribution in [-0.2, 0) is 4.74 Å². The fraction of sp³-hybridized carbons (Fsp3) is 0.667. The third-order valence-electron chi connectivity index (χ3n) is 1.00.